The zero-order valence-electron chi connectivity index (χ0n) is 6.34. The van der Waals surface area contributed by atoms with Crippen molar-refractivity contribution in [3.05, 3.63) is 41.6 Å². The van der Waals surface area contributed by atoms with Crippen molar-refractivity contribution in [3.63, 3.8) is 0 Å². The van der Waals surface area contributed by atoms with Crippen molar-refractivity contribution < 1.29 is 0 Å². The number of aryl methyl sites for hydroxylation is 1. The molecule has 0 unspecified atom stereocenters. The largest absolute Gasteiger partial charge is 0.335 e. The van der Waals surface area contributed by atoms with Gasteiger partial charge in [0, 0.05) is 6.20 Å². The van der Waals surface area contributed by atoms with Crippen LogP contribution in [0.1, 0.15) is 11.1 Å². The van der Waals surface area contributed by atoms with Crippen LogP contribution in [0, 0.1) is 6.92 Å². The summed E-state index contributed by atoms with van der Waals surface area (Å²) in [6.45, 7) is 2.10. The van der Waals surface area contributed by atoms with Crippen molar-refractivity contribution in [1.29, 1.82) is 0 Å². The van der Waals surface area contributed by atoms with E-state index in [1.54, 1.807) is 0 Å². The number of rotatable bonds is 2. The molecule has 0 aromatic heterocycles. The van der Waals surface area contributed by atoms with Crippen molar-refractivity contribution in [2.24, 2.45) is 0 Å². The first kappa shape index (κ1) is 8.59. The Kier molecular flexibility index (Phi) is 3.42. The van der Waals surface area contributed by atoms with Crippen LogP contribution in [0.25, 0.3) is 6.08 Å². The summed E-state index contributed by atoms with van der Waals surface area (Å²) in [5, 5.41) is 0. The number of hydrogen-bond acceptors (Lipinski definition) is 1. The van der Waals surface area contributed by atoms with Gasteiger partial charge in [-0.3, -0.25) is 0 Å². The summed E-state index contributed by atoms with van der Waals surface area (Å²) >= 11 is 2.09. The van der Waals surface area contributed by atoms with Crippen molar-refractivity contribution >= 4 is 28.9 Å². The Labute approximate surface area is 81.0 Å². The monoisotopic (exact) mass is 259 g/mol. The second-order valence-corrected chi connectivity index (χ2v) is 2.92. The molecule has 11 heavy (non-hydrogen) atoms. The number of nitrogens with one attached hydrogen (secondary N) is 1. The molecule has 0 spiro atoms. The lowest BCUT2D eigenvalue weighted by Gasteiger charge is -1.96. The van der Waals surface area contributed by atoms with Gasteiger partial charge in [-0.2, -0.15) is 0 Å². The van der Waals surface area contributed by atoms with Gasteiger partial charge in [-0.25, -0.2) is 0 Å². The van der Waals surface area contributed by atoms with Crippen LogP contribution < -0.4 is 3.53 Å². The van der Waals surface area contributed by atoms with Gasteiger partial charge >= 0.3 is 0 Å². The Morgan fingerprint density at radius 3 is 2.73 bits per heavy atom. The third kappa shape index (κ3) is 2.54. The van der Waals surface area contributed by atoms with Crippen LogP contribution in [0.5, 0.6) is 0 Å². The molecule has 0 radical (unpaired) electrons. The first-order chi connectivity index (χ1) is 5.34. The molecule has 1 aromatic carbocycles. The van der Waals surface area contributed by atoms with Crippen molar-refractivity contribution in [2.75, 3.05) is 0 Å². The highest BCUT2D eigenvalue weighted by Gasteiger charge is 1.88. The van der Waals surface area contributed by atoms with Gasteiger partial charge < -0.3 is 3.53 Å². The summed E-state index contributed by atoms with van der Waals surface area (Å²) in [6, 6.07) is 8.29. The molecular formula is C9H10IN. The fraction of sp³-hybridized carbons (Fsp3) is 0.111. The maximum absolute atomic E-state index is 2.93. The van der Waals surface area contributed by atoms with E-state index in [4.69, 9.17) is 0 Å². The molecule has 58 valence electrons. The van der Waals surface area contributed by atoms with Gasteiger partial charge in [0.15, 0.2) is 0 Å². The normalized spacial score (nSPS) is 10.4. The number of halogens is 1. The van der Waals surface area contributed by atoms with Crippen LogP contribution in [0.15, 0.2) is 30.5 Å². The molecule has 1 nitrogen and oxygen atoms in total. The lowest BCUT2D eigenvalue weighted by atomic mass is 10.1. The number of benzene rings is 1. The fourth-order valence-electron chi connectivity index (χ4n) is 0.895. The molecule has 0 atom stereocenters. The molecule has 0 aliphatic rings. The minimum Gasteiger partial charge on any atom is -0.335 e. The highest BCUT2D eigenvalue weighted by atomic mass is 127. The predicted octanol–water partition coefficient (Wildman–Crippen LogP) is 2.91. The van der Waals surface area contributed by atoms with Crippen LogP contribution in [0.4, 0.5) is 0 Å². The molecule has 0 amide bonds. The van der Waals surface area contributed by atoms with Crippen molar-refractivity contribution in [1.82, 2.24) is 3.53 Å². The fourth-order valence-corrected chi connectivity index (χ4v) is 1.07. The molecule has 1 rings (SSSR count). The molecule has 2 heteroatoms. The van der Waals surface area contributed by atoms with Gasteiger partial charge in [0.05, 0.1) is 22.9 Å². The average Bonchev–Trinajstić information content (AvgIpc) is 2.03. The van der Waals surface area contributed by atoms with E-state index in [0.717, 1.165) is 0 Å². The summed E-state index contributed by atoms with van der Waals surface area (Å²) in [5.41, 5.74) is 2.56. The summed E-state index contributed by atoms with van der Waals surface area (Å²) in [6.07, 6.45) is 3.98. The van der Waals surface area contributed by atoms with Gasteiger partial charge in [-0.1, -0.05) is 24.3 Å². The summed E-state index contributed by atoms with van der Waals surface area (Å²) in [5.74, 6) is 0. The topological polar surface area (TPSA) is 12.0 Å². The second kappa shape index (κ2) is 4.38. The maximum atomic E-state index is 2.93. The minimum atomic E-state index is 1.26. The third-order valence-corrected chi connectivity index (χ3v) is 1.87. The van der Waals surface area contributed by atoms with Crippen molar-refractivity contribution in [3.8, 4) is 0 Å². The molecule has 1 N–H and O–H groups in total. The van der Waals surface area contributed by atoms with E-state index >= 15 is 0 Å². The van der Waals surface area contributed by atoms with E-state index in [1.165, 1.54) is 11.1 Å². The Hall–Kier alpha value is -0.510. The Morgan fingerprint density at radius 1 is 1.36 bits per heavy atom. The van der Waals surface area contributed by atoms with Crippen LogP contribution in [-0.4, -0.2) is 0 Å². The Balaban J connectivity index is 2.86. The molecular weight excluding hydrogens is 249 g/mol. The quantitative estimate of drug-likeness (QED) is 0.636. The SMILES string of the molecule is Cc1ccccc1/C=C\NI. The molecule has 1 aromatic rings. The van der Waals surface area contributed by atoms with Gasteiger partial charge in [0.2, 0.25) is 0 Å². The third-order valence-electron chi connectivity index (χ3n) is 1.51. The first-order valence-corrected chi connectivity index (χ1v) is 4.51. The smallest absolute Gasteiger partial charge is 0.0555 e. The van der Waals surface area contributed by atoms with Crippen molar-refractivity contribution in [2.45, 2.75) is 6.92 Å². The lowest BCUT2D eigenvalue weighted by Crippen LogP contribution is -1.82. The molecule has 0 aliphatic heterocycles. The van der Waals surface area contributed by atoms with Gasteiger partial charge in [-0.05, 0) is 24.1 Å². The highest BCUT2D eigenvalue weighted by molar-refractivity contribution is 14.1. The van der Waals surface area contributed by atoms with E-state index in [9.17, 15) is 0 Å². The molecule has 0 aliphatic carbocycles. The maximum Gasteiger partial charge on any atom is 0.0555 e. The van der Waals surface area contributed by atoms with E-state index in [1.807, 2.05) is 18.3 Å². The molecule has 0 saturated heterocycles. The molecule has 0 fully saturated rings. The zero-order chi connectivity index (χ0) is 8.10. The Morgan fingerprint density at radius 2 is 2.09 bits per heavy atom. The molecule has 0 saturated carbocycles. The predicted molar refractivity (Wildman–Crippen MR) is 57.4 cm³/mol. The van der Waals surface area contributed by atoms with Crippen LogP contribution in [-0.2, 0) is 0 Å². The van der Waals surface area contributed by atoms with Crippen LogP contribution >= 0.6 is 22.9 Å². The van der Waals surface area contributed by atoms with Gasteiger partial charge in [0.1, 0.15) is 0 Å². The highest BCUT2D eigenvalue weighted by Crippen LogP contribution is 2.07. The summed E-state index contributed by atoms with van der Waals surface area (Å²) < 4.78 is 2.93. The van der Waals surface area contributed by atoms with E-state index < -0.39 is 0 Å². The van der Waals surface area contributed by atoms with E-state index in [2.05, 4.69) is 51.5 Å². The first-order valence-electron chi connectivity index (χ1n) is 3.43. The lowest BCUT2D eigenvalue weighted by molar-refractivity contribution is 1.43. The van der Waals surface area contributed by atoms with Gasteiger partial charge in [0.25, 0.3) is 0 Å². The van der Waals surface area contributed by atoms with Crippen LogP contribution in [0.3, 0.4) is 0 Å². The van der Waals surface area contributed by atoms with Crippen LogP contribution in [0.2, 0.25) is 0 Å². The number of hydrogen-bond donors (Lipinski definition) is 1. The minimum absolute atomic E-state index is 1.26. The standard InChI is InChI=1S/C9H10IN/c1-8-4-2-3-5-9(8)6-7-11-10/h2-7,11H,1H3/b7-6-. The van der Waals surface area contributed by atoms with E-state index in [0.29, 0.717) is 0 Å². The summed E-state index contributed by atoms with van der Waals surface area (Å²) in [4.78, 5) is 0. The second-order valence-electron chi connectivity index (χ2n) is 2.30. The zero-order valence-corrected chi connectivity index (χ0v) is 8.50. The average molecular weight is 259 g/mol. The molecule has 0 bridgehead atoms. The summed E-state index contributed by atoms with van der Waals surface area (Å²) in [7, 11) is 0. The molecule has 0 heterocycles. The Bertz CT molecular complexity index is 255. The van der Waals surface area contributed by atoms with Gasteiger partial charge in [-0.15, -0.1) is 0 Å². The van der Waals surface area contributed by atoms with E-state index in [-0.39, 0.29) is 0 Å².